The molecule has 0 aliphatic rings. The molecule has 0 bridgehead atoms. The predicted octanol–water partition coefficient (Wildman–Crippen LogP) is -1.21. The summed E-state index contributed by atoms with van der Waals surface area (Å²) in [6.45, 7) is 3.59. The van der Waals surface area contributed by atoms with Crippen LogP contribution in [0.15, 0.2) is 24.3 Å². The summed E-state index contributed by atoms with van der Waals surface area (Å²) < 4.78 is 0. The molecular weight excluding hydrogens is 284 g/mol. The van der Waals surface area contributed by atoms with E-state index in [0.29, 0.717) is 0 Å². The summed E-state index contributed by atoms with van der Waals surface area (Å²) in [4.78, 5) is 23.3. The van der Waals surface area contributed by atoms with Crippen LogP contribution in [0.3, 0.4) is 0 Å². The van der Waals surface area contributed by atoms with E-state index in [1.54, 1.807) is 19.9 Å². The number of rotatable bonds is 6. The molecule has 1 rings (SSSR count). The highest BCUT2D eigenvalue weighted by molar-refractivity contribution is 5.81. The molecule has 0 aliphatic carbocycles. The van der Waals surface area contributed by atoms with E-state index in [1.807, 2.05) is 18.2 Å². The molecular formula is C14H24N6O2. The van der Waals surface area contributed by atoms with Gasteiger partial charge in [0.15, 0.2) is 0 Å². The summed E-state index contributed by atoms with van der Waals surface area (Å²) in [5.41, 5.74) is 12.6. The molecule has 8 heteroatoms. The molecule has 2 amide bonds. The number of nitrogens with two attached hydrogens (primary N) is 4. The van der Waals surface area contributed by atoms with Crippen molar-refractivity contribution >= 4 is 11.8 Å². The Bertz CT molecular complexity index is 489. The van der Waals surface area contributed by atoms with Crippen LogP contribution in [-0.2, 0) is 22.7 Å². The summed E-state index contributed by atoms with van der Waals surface area (Å²) >= 11 is 0. The molecule has 1 aromatic carbocycles. The highest BCUT2D eigenvalue weighted by Crippen LogP contribution is 2.09. The largest absolute Gasteiger partial charge is 0.320 e. The maximum Gasteiger partial charge on any atom is 0.253 e. The first kappa shape index (κ1) is 18.1. The first-order chi connectivity index (χ1) is 10.2. The Morgan fingerprint density at radius 1 is 0.955 bits per heavy atom. The standard InChI is InChI=1S/C14H24N6O2/c1-9(15)13(21)19(17)7-11-4-3-5-12(6-11)8-20(18)14(22)10(2)16/h3-6,9-10H,7-8,15-18H2,1-2H3. The molecule has 0 saturated heterocycles. The van der Waals surface area contributed by atoms with Crippen LogP contribution in [0.25, 0.3) is 0 Å². The van der Waals surface area contributed by atoms with Crippen molar-refractivity contribution < 1.29 is 9.59 Å². The van der Waals surface area contributed by atoms with Crippen molar-refractivity contribution in [1.29, 1.82) is 0 Å². The van der Waals surface area contributed by atoms with Gasteiger partial charge in [-0.05, 0) is 25.0 Å². The second-order valence-corrected chi connectivity index (χ2v) is 5.33. The van der Waals surface area contributed by atoms with Gasteiger partial charge in [0.05, 0.1) is 25.2 Å². The third kappa shape index (κ3) is 5.08. The summed E-state index contributed by atoms with van der Waals surface area (Å²) in [5.74, 6) is 10.7. The van der Waals surface area contributed by atoms with Gasteiger partial charge in [-0.3, -0.25) is 19.6 Å². The summed E-state index contributed by atoms with van der Waals surface area (Å²) in [5, 5.41) is 2.13. The van der Waals surface area contributed by atoms with E-state index < -0.39 is 12.1 Å². The Kier molecular flexibility index (Phi) is 6.44. The van der Waals surface area contributed by atoms with E-state index in [4.69, 9.17) is 23.2 Å². The predicted molar refractivity (Wildman–Crippen MR) is 83.2 cm³/mol. The van der Waals surface area contributed by atoms with Gasteiger partial charge in [-0.25, -0.2) is 11.7 Å². The fourth-order valence-corrected chi connectivity index (χ4v) is 1.90. The lowest BCUT2D eigenvalue weighted by Gasteiger charge is -2.21. The molecule has 0 heterocycles. The van der Waals surface area contributed by atoms with Gasteiger partial charge in [-0.15, -0.1) is 0 Å². The maximum atomic E-state index is 11.7. The number of hydrazine groups is 2. The fourth-order valence-electron chi connectivity index (χ4n) is 1.90. The molecule has 0 aliphatic heterocycles. The molecule has 2 unspecified atom stereocenters. The monoisotopic (exact) mass is 308 g/mol. The first-order valence-corrected chi connectivity index (χ1v) is 6.93. The van der Waals surface area contributed by atoms with E-state index in [0.717, 1.165) is 21.1 Å². The zero-order valence-corrected chi connectivity index (χ0v) is 12.9. The van der Waals surface area contributed by atoms with Crippen LogP contribution in [0.4, 0.5) is 0 Å². The van der Waals surface area contributed by atoms with Crippen molar-refractivity contribution in [3.8, 4) is 0 Å². The molecule has 0 saturated carbocycles. The van der Waals surface area contributed by atoms with Gasteiger partial charge in [0.1, 0.15) is 0 Å². The topological polar surface area (TPSA) is 145 Å². The average molecular weight is 308 g/mol. The highest BCUT2D eigenvalue weighted by atomic mass is 16.2. The Morgan fingerprint density at radius 2 is 1.32 bits per heavy atom. The van der Waals surface area contributed by atoms with Crippen LogP contribution in [0.1, 0.15) is 25.0 Å². The van der Waals surface area contributed by atoms with Crippen molar-refractivity contribution in [2.75, 3.05) is 0 Å². The molecule has 1 aromatic rings. The maximum absolute atomic E-state index is 11.7. The van der Waals surface area contributed by atoms with Gasteiger partial charge in [-0.2, -0.15) is 0 Å². The normalized spacial score (nSPS) is 13.4. The summed E-state index contributed by atoms with van der Waals surface area (Å²) in [7, 11) is 0. The van der Waals surface area contributed by atoms with Crippen LogP contribution in [0.2, 0.25) is 0 Å². The highest BCUT2D eigenvalue weighted by Gasteiger charge is 2.16. The molecule has 0 spiro atoms. The van der Waals surface area contributed by atoms with E-state index in [-0.39, 0.29) is 24.9 Å². The van der Waals surface area contributed by atoms with Crippen molar-refractivity contribution in [3.05, 3.63) is 35.4 Å². The lowest BCUT2D eigenvalue weighted by Crippen LogP contribution is -2.46. The average Bonchev–Trinajstić information content (AvgIpc) is 2.45. The minimum atomic E-state index is -0.656. The van der Waals surface area contributed by atoms with Crippen molar-refractivity contribution in [2.45, 2.75) is 39.0 Å². The van der Waals surface area contributed by atoms with Crippen molar-refractivity contribution in [2.24, 2.45) is 23.2 Å². The minimum Gasteiger partial charge on any atom is -0.320 e. The number of carbonyl (C=O) groups excluding carboxylic acids is 2. The number of benzene rings is 1. The van der Waals surface area contributed by atoms with Crippen LogP contribution in [0, 0.1) is 0 Å². The van der Waals surface area contributed by atoms with Crippen LogP contribution in [-0.4, -0.2) is 33.9 Å². The number of hydrogen-bond donors (Lipinski definition) is 4. The molecule has 0 aromatic heterocycles. The van der Waals surface area contributed by atoms with E-state index >= 15 is 0 Å². The second-order valence-electron chi connectivity index (χ2n) is 5.33. The summed E-state index contributed by atoms with van der Waals surface area (Å²) in [6.07, 6.45) is 0. The van der Waals surface area contributed by atoms with Gasteiger partial charge < -0.3 is 11.5 Å². The fraction of sp³-hybridized carbons (Fsp3) is 0.429. The summed E-state index contributed by atoms with van der Waals surface area (Å²) in [6, 6.07) is 5.97. The van der Waals surface area contributed by atoms with E-state index in [1.165, 1.54) is 0 Å². The van der Waals surface area contributed by atoms with Gasteiger partial charge in [0, 0.05) is 0 Å². The molecule has 2 atom stereocenters. The SMILES string of the molecule is CC(N)C(=O)N(N)Cc1cccc(CN(N)C(=O)C(C)N)c1. The molecule has 122 valence electrons. The van der Waals surface area contributed by atoms with Gasteiger partial charge in [-0.1, -0.05) is 24.3 Å². The van der Waals surface area contributed by atoms with Crippen LogP contribution in [0.5, 0.6) is 0 Å². The minimum absolute atomic E-state index is 0.222. The Hall–Kier alpha value is -2.00. The molecule has 0 fully saturated rings. The quantitative estimate of drug-likeness (QED) is 0.295. The molecule has 8 N–H and O–H groups in total. The Labute approximate surface area is 129 Å². The van der Waals surface area contributed by atoms with Crippen molar-refractivity contribution in [1.82, 2.24) is 10.0 Å². The number of nitrogens with zero attached hydrogens (tertiary/aromatic N) is 2. The van der Waals surface area contributed by atoms with Gasteiger partial charge in [0.2, 0.25) is 0 Å². The third-order valence-corrected chi connectivity index (χ3v) is 3.04. The molecule has 22 heavy (non-hydrogen) atoms. The second kappa shape index (κ2) is 7.85. The van der Waals surface area contributed by atoms with Crippen molar-refractivity contribution in [3.63, 3.8) is 0 Å². The zero-order valence-electron chi connectivity index (χ0n) is 12.9. The van der Waals surface area contributed by atoms with Crippen LogP contribution >= 0.6 is 0 Å². The number of amides is 2. The zero-order chi connectivity index (χ0) is 16.9. The molecule has 0 radical (unpaired) electrons. The number of carbonyl (C=O) groups is 2. The van der Waals surface area contributed by atoms with E-state index in [2.05, 4.69) is 0 Å². The lowest BCUT2D eigenvalue weighted by atomic mass is 10.1. The molecule has 8 nitrogen and oxygen atoms in total. The van der Waals surface area contributed by atoms with Gasteiger partial charge in [0.25, 0.3) is 11.8 Å². The smallest absolute Gasteiger partial charge is 0.253 e. The van der Waals surface area contributed by atoms with Crippen LogP contribution < -0.4 is 23.2 Å². The van der Waals surface area contributed by atoms with Gasteiger partial charge >= 0.3 is 0 Å². The lowest BCUT2D eigenvalue weighted by molar-refractivity contribution is -0.133. The van der Waals surface area contributed by atoms with E-state index in [9.17, 15) is 9.59 Å². The Balaban J connectivity index is 2.74. The number of hydrogen-bond acceptors (Lipinski definition) is 6. The first-order valence-electron chi connectivity index (χ1n) is 6.93. The Morgan fingerprint density at radius 3 is 1.64 bits per heavy atom. The third-order valence-electron chi connectivity index (χ3n) is 3.04.